The number of hydrogen-bond donors (Lipinski definition) is 0. The monoisotopic (exact) mass is 360 g/mol. The Morgan fingerprint density at radius 2 is 1.92 bits per heavy atom. The Labute approximate surface area is 154 Å². The average molecular weight is 360 g/mol. The number of likely N-dealkylation sites (tertiary alicyclic amines) is 2. The van der Waals surface area contributed by atoms with E-state index in [9.17, 15) is 9.59 Å². The fourth-order valence-electron chi connectivity index (χ4n) is 4.07. The maximum Gasteiger partial charge on any atom is 0.272 e. The largest absolute Gasteiger partial charge is 0.383 e. The van der Waals surface area contributed by atoms with Crippen molar-refractivity contribution in [3.05, 3.63) is 23.3 Å². The second-order valence-corrected chi connectivity index (χ2v) is 7.39. The van der Waals surface area contributed by atoms with Gasteiger partial charge in [-0.25, -0.2) is 9.97 Å². The van der Waals surface area contributed by atoms with Gasteiger partial charge in [0.2, 0.25) is 5.91 Å². The van der Waals surface area contributed by atoms with Gasteiger partial charge >= 0.3 is 0 Å². The number of rotatable bonds is 4. The molecule has 0 saturated carbocycles. The third-order valence-electron chi connectivity index (χ3n) is 5.94. The summed E-state index contributed by atoms with van der Waals surface area (Å²) < 4.78 is 5.13. The van der Waals surface area contributed by atoms with Crippen LogP contribution in [0.5, 0.6) is 0 Å². The van der Waals surface area contributed by atoms with Crippen molar-refractivity contribution in [2.75, 3.05) is 39.9 Å². The van der Waals surface area contributed by atoms with Gasteiger partial charge in [-0.3, -0.25) is 9.59 Å². The number of aromatic nitrogens is 2. The highest BCUT2D eigenvalue weighted by Crippen LogP contribution is 2.41. The number of hydrogen-bond acceptors (Lipinski definition) is 5. The van der Waals surface area contributed by atoms with Crippen molar-refractivity contribution in [1.82, 2.24) is 19.8 Å². The molecule has 2 aliphatic rings. The lowest BCUT2D eigenvalue weighted by molar-refractivity contribution is -0.150. The van der Waals surface area contributed by atoms with Gasteiger partial charge in [0.25, 0.3) is 5.91 Å². The van der Waals surface area contributed by atoms with E-state index in [4.69, 9.17) is 4.74 Å². The lowest BCUT2D eigenvalue weighted by Crippen LogP contribution is -2.55. The highest BCUT2D eigenvalue weighted by atomic mass is 16.5. The molecule has 7 nitrogen and oxygen atoms in total. The number of ether oxygens (including phenoxy) is 1. The van der Waals surface area contributed by atoms with Gasteiger partial charge in [-0.1, -0.05) is 0 Å². The minimum atomic E-state index is -0.306. The van der Waals surface area contributed by atoms with Crippen LogP contribution in [0.3, 0.4) is 0 Å². The van der Waals surface area contributed by atoms with E-state index in [0.29, 0.717) is 31.9 Å². The third kappa shape index (κ3) is 3.45. The van der Waals surface area contributed by atoms with E-state index >= 15 is 0 Å². The molecule has 0 N–H and O–H groups in total. The summed E-state index contributed by atoms with van der Waals surface area (Å²) in [7, 11) is 1.66. The summed E-state index contributed by atoms with van der Waals surface area (Å²) in [5.74, 6) is 0.185. The van der Waals surface area contributed by atoms with E-state index in [1.807, 2.05) is 23.6 Å². The van der Waals surface area contributed by atoms with Crippen molar-refractivity contribution in [2.45, 2.75) is 39.5 Å². The second-order valence-electron chi connectivity index (χ2n) is 7.39. The summed E-state index contributed by atoms with van der Waals surface area (Å²) in [6.45, 7) is 7.00. The number of methoxy groups -OCH3 is 1. The van der Waals surface area contributed by atoms with Gasteiger partial charge in [0.1, 0.15) is 12.0 Å². The first kappa shape index (κ1) is 18.8. The number of nitrogens with zero attached hydrogens (tertiary/aromatic N) is 4. The van der Waals surface area contributed by atoms with Gasteiger partial charge in [0.05, 0.1) is 12.0 Å². The summed E-state index contributed by atoms with van der Waals surface area (Å²) in [5, 5.41) is 0. The van der Waals surface area contributed by atoms with Crippen LogP contribution in [0.1, 0.15) is 47.4 Å². The summed E-state index contributed by atoms with van der Waals surface area (Å²) in [5.41, 5.74) is 1.83. The van der Waals surface area contributed by atoms with Gasteiger partial charge < -0.3 is 14.5 Å². The van der Waals surface area contributed by atoms with Gasteiger partial charge in [0, 0.05) is 44.5 Å². The highest BCUT2D eigenvalue weighted by Gasteiger charge is 2.46. The molecule has 3 rings (SSSR count). The highest BCUT2D eigenvalue weighted by molar-refractivity contribution is 5.94. The predicted octanol–water partition coefficient (Wildman–Crippen LogP) is 1.58. The molecule has 142 valence electrons. The van der Waals surface area contributed by atoms with Crippen LogP contribution in [0.2, 0.25) is 0 Å². The van der Waals surface area contributed by atoms with E-state index in [2.05, 4.69) is 9.97 Å². The molecule has 7 heteroatoms. The van der Waals surface area contributed by atoms with Gasteiger partial charge in [-0.2, -0.15) is 0 Å². The Morgan fingerprint density at radius 1 is 1.19 bits per heavy atom. The SMILES string of the molecule is COCCN1CCCC2(CCN(C(=O)c3ncnc(C)c3C)CC2)C1=O. The zero-order valence-corrected chi connectivity index (χ0v) is 16.0. The van der Waals surface area contributed by atoms with Crippen LogP contribution < -0.4 is 0 Å². The summed E-state index contributed by atoms with van der Waals surface area (Å²) in [6, 6.07) is 0. The van der Waals surface area contributed by atoms with Crippen LogP contribution >= 0.6 is 0 Å². The van der Waals surface area contributed by atoms with Crippen molar-refractivity contribution in [2.24, 2.45) is 5.41 Å². The molecule has 0 aromatic carbocycles. The molecular formula is C19H28N4O3. The first-order chi connectivity index (χ1) is 12.5. The van der Waals surface area contributed by atoms with Crippen LogP contribution in [-0.2, 0) is 9.53 Å². The molecule has 0 unspecified atom stereocenters. The van der Waals surface area contributed by atoms with Crippen molar-refractivity contribution in [3.8, 4) is 0 Å². The third-order valence-corrected chi connectivity index (χ3v) is 5.94. The van der Waals surface area contributed by atoms with E-state index in [-0.39, 0.29) is 17.2 Å². The van der Waals surface area contributed by atoms with Crippen molar-refractivity contribution in [1.29, 1.82) is 0 Å². The fourth-order valence-corrected chi connectivity index (χ4v) is 4.07. The maximum atomic E-state index is 13.0. The fraction of sp³-hybridized carbons (Fsp3) is 0.684. The molecule has 2 fully saturated rings. The molecule has 3 heterocycles. The standard InChI is InChI=1S/C19H28N4O3/c1-14-15(2)20-13-21-16(14)17(24)22-9-6-19(7-10-22)5-4-8-23(18(19)25)11-12-26-3/h13H,4-12H2,1-3H3. The van der Waals surface area contributed by atoms with Gasteiger partial charge in [0.15, 0.2) is 0 Å². The molecule has 2 saturated heterocycles. The zero-order valence-electron chi connectivity index (χ0n) is 16.0. The Bertz CT molecular complexity index is 683. The quantitative estimate of drug-likeness (QED) is 0.815. The predicted molar refractivity (Wildman–Crippen MR) is 96.8 cm³/mol. The summed E-state index contributed by atoms with van der Waals surface area (Å²) in [6.07, 6.45) is 4.84. The molecule has 1 aromatic rings. The van der Waals surface area contributed by atoms with Crippen LogP contribution in [0.4, 0.5) is 0 Å². The van der Waals surface area contributed by atoms with E-state index < -0.39 is 0 Å². The van der Waals surface area contributed by atoms with Crippen molar-refractivity contribution < 1.29 is 14.3 Å². The minimum absolute atomic E-state index is 0.0534. The Balaban J connectivity index is 1.67. The molecular weight excluding hydrogens is 332 g/mol. The number of aryl methyl sites for hydroxylation is 1. The first-order valence-corrected chi connectivity index (χ1v) is 9.34. The van der Waals surface area contributed by atoms with Crippen LogP contribution in [0.15, 0.2) is 6.33 Å². The summed E-state index contributed by atoms with van der Waals surface area (Å²) >= 11 is 0. The van der Waals surface area contributed by atoms with Gasteiger partial charge in [-0.05, 0) is 39.5 Å². The summed E-state index contributed by atoms with van der Waals surface area (Å²) in [4.78, 5) is 37.9. The molecule has 0 atom stereocenters. The molecule has 26 heavy (non-hydrogen) atoms. The molecule has 1 spiro atoms. The molecule has 0 bridgehead atoms. The average Bonchev–Trinajstić information content (AvgIpc) is 2.65. The van der Waals surface area contributed by atoms with E-state index in [1.54, 1.807) is 7.11 Å². The number of carbonyl (C=O) groups is 2. The molecule has 0 radical (unpaired) electrons. The Morgan fingerprint density at radius 3 is 2.62 bits per heavy atom. The lowest BCUT2D eigenvalue weighted by Gasteiger charge is -2.46. The van der Waals surface area contributed by atoms with Crippen molar-refractivity contribution in [3.63, 3.8) is 0 Å². The molecule has 2 amide bonds. The van der Waals surface area contributed by atoms with E-state index in [0.717, 1.165) is 43.5 Å². The number of amides is 2. The number of carbonyl (C=O) groups excluding carboxylic acids is 2. The zero-order chi connectivity index (χ0) is 18.7. The van der Waals surface area contributed by atoms with Crippen LogP contribution in [-0.4, -0.2) is 71.5 Å². The lowest BCUT2D eigenvalue weighted by atomic mass is 9.71. The Hall–Kier alpha value is -2.02. The number of piperidine rings is 2. The van der Waals surface area contributed by atoms with Gasteiger partial charge in [-0.15, -0.1) is 0 Å². The normalized spacial score (nSPS) is 19.9. The molecule has 1 aromatic heterocycles. The Kier molecular flexibility index (Phi) is 5.55. The maximum absolute atomic E-state index is 13.0. The smallest absolute Gasteiger partial charge is 0.272 e. The first-order valence-electron chi connectivity index (χ1n) is 9.34. The molecule has 0 aliphatic carbocycles. The van der Waals surface area contributed by atoms with Crippen LogP contribution in [0, 0.1) is 19.3 Å². The molecule has 2 aliphatic heterocycles. The van der Waals surface area contributed by atoms with Crippen LogP contribution in [0.25, 0.3) is 0 Å². The topological polar surface area (TPSA) is 75.6 Å². The van der Waals surface area contributed by atoms with Crippen molar-refractivity contribution >= 4 is 11.8 Å². The van der Waals surface area contributed by atoms with E-state index in [1.165, 1.54) is 6.33 Å². The minimum Gasteiger partial charge on any atom is -0.383 e. The second kappa shape index (κ2) is 7.70.